The van der Waals surface area contributed by atoms with Crippen molar-refractivity contribution in [3.8, 4) is 0 Å². The highest BCUT2D eigenvalue weighted by molar-refractivity contribution is 5.99. The van der Waals surface area contributed by atoms with Gasteiger partial charge in [-0.2, -0.15) is 5.01 Å². The average molecular weight is 353 g/mol. The number of nitrogens with one attached hydrogen (secondary N) is 1. The molecule has 0 radical (unpaired) electrons. The number of morpholine rings is 1. The third-order valence-electron chi connectivity index (χ3n) is 4.23. The van der Waals surface area contributed by atoms with Crippen LogP contribution in [0.1, 0.15) is 6.92 Å². The van der Waals surface area contributed by atoms with Crippen LogP contribution in [0.3, 0.4) is 0 Å². The molecular weight excluding hydrogens is 333 g/mol. The predicted molar refractivity (Wildman–Crippen MR) is 85.2 cm³/mol. The van der Waals surface area contributed by atoms with Gasteiger partial charge in [0, 0.05) is 6.54 Å². The van der Waals surface area contributed by atoms with Crippen molar-refractivity contribution in [2.24, 2.45) is 0 Å². The maximum Gasteiger partial charge on any atom is 0.407 e. The summed E-state index contributed by atoms with van der Waals surface area (Å²) in [5, 5.41) is 15.5. The molecule has 136 valence electrons. The molecule has 2 amide bonds. The fourth-order valence-electron chi connectivity index (χ4n) is 2.80. The molecule has 8 nitrogen and oxygen atoms in total. The van der Waals surface area contributed by atoms with E-state index in [1.165, 1.54) is 11.9 Å². The average Bonchev–Trinajstić information content (AvgIpc) is 3.05. The van der Waals surface area contributed by atoms with Gasteiger partial charge in [-0.05, 0) is 19.1 Å². The van der Waals surface area contributed by atoms with E-state index in [4.69, 9.17) is 9.47 Å². The van der Waals surface area contributed by atoms with Gasteiger partial charge in [0.2, 0.25) is 0 Å². The summed E-state index contributed by atoms with van der Waals surface area (Å²) >= 11 is 0. The van der Waals surface area contributed by atoms with Crippen LogP contribution in [-0.2, 0) is 14.3 Å². The van der Waals surface area contributed by atoms with Crippen LogP contribution in [0.5, 0.6) is 0 Å². The number of anilines is 1. The Kier molecular flexibility index (Phi) is 4.89. The number of carbonyl (C=O) groups is 2. The minimum absolute atomic E-state index is 0.0115. The number of cyclic esters (lactones) is 1. The van der Waals surface area contributed by atoms with Crippen LogP contribution in [0.2, 0.25) is 0 Å². The Bertz CT molecular complexity index is 642. The predicted octanol–water partition coefficient (Wildman–Crippen LogP) is 0.422. The third-order valence-corrected chi connectivity index (χ3v) is 4.23. The SMILES string of the molecule is CC(O)(C(=O)N(c1ccccc1)N1CCOCC1F)C1CNC(=O)O1. The Morgan fingerprint density at radius 1 is 1.44 bits per heavy atom. The van der Waals surface area contributed by atoms with Gasteiger partial charge in [0.25, 0.3) is 5.91 Å². The molecule has 3 rings (SSSR count). The first-order valence-corrected chi connectivity index (χ1v) is 7.96. The van der Waals surface area contributed by atoms with E-state index < -0.39 is 30.0 Å². The summed E-state index contributed by atoms with van der Waals surface area (Å²) in [6, 6.07) is 8.44. The second kappa shape index (κ2) is 6.95. The van der Waals surface area contributed by atoms with Gasteiger partial charge in [-0.3, -0.25) is 4.79 Å². The topological polar surface area (TPSA) is 91.3 Å². The summed E-state index contributed by atoms with van der Waals surface area (Å²) in [5.74, 6) is -0.787. The molecule has 1 aromatic rings. The Balaban J connectivity index is 1.93. The molecule has 9 heteroatoms. The van der Waals surface area contributed by atoms with E-state index in [1.54, 1.807) is 30.3 Å². The molecular formula is C16H20FN3O5. The van der Waals surface area contributed by atoms with E-state index in [0.717, 1.165) is 5.01 Å². The molecule has 25 heavy (non-hydrogen) atoms. The number of amides is 2. The number of alkyl halides is 1. The molecule has 0 aliphatic carbocycles. The van der Waals surface area contributed by atoms with E-state index in [2.05, 4.69) is 5.32 Å². The fraction of sp³-hybridized carbons (Fsp3) is 0.500. The Morgan fingerprint density at radius 3 is 2.76 bits per heavy atom. The summed E-state index contributed by atoms with van der Waals surface area (Å²) in [6.07, 6.45) is -3.32. The normalized spacial score (nSPS) is 26.4. The zero-order valence-corrected chi connectivity index (χ0v) is 13.7. The van der Waals surface area contributed by atoms with E-state index in [9.17, 15) is 19.1 Å². The highest BCUT2D eigenvalue weighted by atomic mass is 19.1. The lowest BCUT2D eigenvalue weighted by Crippen LogP contribution is -2.63. The summed E-state index contributed by atoms with van der Waals surface area (Å²) in [7, 11) is 0. The molecule has 2 saturated heterocycles. The smallest absolute Gasteiger partial charge is 0.407 e. The number of hydrogen-bond acceptors (Lipinski definition) is 6. The van der Waals surface area contributed by atoms with E-state index in [-0.39, 0.29) is 26.3 Å². The lowest BCUT2D eigenvalue weighted by molar-refractivity contribution is -0.153. The molecule has 3 unspecified atom stereocenters. The van der Waals surface area contributed by atoms with Gasteiger partial charge in [-0.1, -0.05) is 18.2 Å². The summed E-state index contributed by atoms with van der Waals surface area (Å²) in [6.45, 7) is 1.45. The minimum atomic E-state index is -2.03. The number of carbonyl (C=O) groups excluding carboxylic acids is 2. The standard InChI is InChI=1S/C16H20FN3O5/c1-16(23,12-9-18-15(22)25-12)14(21)20(11-5-3-2-4-6-11)19-7-8-24-10-13(19)17/h2-6,12-13,23H,7-10H2,1H3,(H,18,22). The second-order valence-electron chi connectivity index (χ2n) is 6.05. The van der Waals surface area contributed by atoms with Crippen molar-refractivity contribution < 1.29 is 28.6 Å². The Hall–Kier alpha value is -2.23. The Morgan fingerprint density at radius 2 is 2.16 bits per heavy atom. The molecule has 0 aromatic heterocycles. The number of benzene rings is 1. The first-order valence-electron chi connectivity index (χ1n) is 7.96. The lowest BCUT2D eigenvalue weighted by atomic mass is 9.97. The number of hydrazine groups is 1. The zero-order chi connectivity index (χ0) is 18.0. The molecule has 0 spiro atoms. The van der Waals surface area contributed by atoms with Gasteiger partial charge < -0.3 is 19.9 Å². The van der Waals surface area contributed by atoms with Crippen LogP contribution in [0.25, 0.3) is 0 Å². The van der Waals surface area contributed by atoms with Crippen LogP contribution in [0.4, 0.5) is 14.9 Å². The maximum atomic E-state index is 14.4. The van der Waals surface area contributed by atoms with E-state index in [0.29, 0.717) is 5.69 Å². The molecule has 2 aliphatic heterocycles. The first kappa shape index (κ1) is 17.6. The number of nitrogens with zero attached hydrogens (tertiary/aromatic N) is 2. The lowest BCUT2D eigenvalue weighted by Gasteiger charge is -2.42. The van der Waals surface area contributed by atoms with Crippen LogP contribution >= 0.6 is 0 Å². The van der Waals surface area contributed by atoms with Gasteiger partial charge in [0.1, 0.15) is 0 Å². The molecule has 2 aliphatic rings. The number of rotatable bonds is 4. The maximum absolute atomic E-state index is 14.4. The van der Waals surface area contributed by atoms with Crippen LogP contribution in [0, 0.1) is 0 Å². The molecule has 1 aromatic carbocycles. The second-order valence-corrected chi connectivity index (χ2v) is 6.05. The van der Waals surface area contributed by atoms with Gasteiger partial charge in [0.15, 0.2) is 18.0 Å². The zero-order valence-electron chi connectivity index (χ0n) is 13.7. The van der Waals surface area contributed by atoms with Crippen molar-refractivity contribution in [2.45, 2.75) is 24.9 Å². The molecule has 2 N–H and O–H groups in total. The first-order chi connectivity index (χ1) is 11.9. The van der Waals surface area contributed by atoms with Crippen LogP contribution < -0.4 is 10.3 Å². The number of aliphatic hydroxyl groups is 1. The van der Waals surface area contributed by atoms with Gasteiger partial charge in [0.05, 0.1) is 25.4 Å². The van der Waals surface area contributed by atoms with Crippen molar-refractivity contribution >= 4 is 17.7 Å². The molecule has 0 saturated carbocycles. The van der Waals surface area contributed by atoms with Gasteiger partial charge >= 0.3 is 6.09 Å². The van der Waals surface area contributed by atoms with Crippen LogP contribution in [0.15, 0.2) is 30.3 Å². The number of ether oxygens (including phenoxy) is 2. The van der Waals surface area contributed by atoms with Crippen LogP contribution in [-0.4, -0.2) is 66.4 Å². The third kappa shape index (κ3) is 3.44. The van der Waals surface area contributed by atoms with Crippen molar-refractivity contribution in [1.82, 2.24) is 10.3 Å². The van der Waals surface area contributed by atoms with Crippen molar-refractivity contribution in [1.29, 1.82) is 0 Å². The molecule has 2 heterocycles. The number of para-hydroxylation sites is 1. The van der Waals surface area contributed by atoms with Crippen molar-refractivity contribution in [3.63, 3.8) is 0 Å². The summed E-state index contributed by atoms with van der Waals surface area (Å²) in [5.41, 5.74) is -1.64. The molecule has 0 bridgehead atoms. The van der Waals surface area contributed by atoms with E-state index >= 15 is 0 Å². The monoisotopic (exact) mass is 353 g/mol. The quantitative estimate of drug-likeness (QED) is 0.763. The molecule has 2 fully saturated rings. The minimum Gasteiger partial charge on any atom is -0.441 e. The summed E-state index contributed by atoms with van der Waals surface area (Å²) in [4.78, 5) is 24.4. The number of halogens is 1. The fourth-order valence-corrected chi connectivity index (χ4v) is 2.80. The number of hydrogen-bond donors (Lipinski definition) is 2. The number of alkyl carbamates (subject to hydrolysis) is 1. The van der Waals surface area contributed by atoms with E-state index in [1.807, 2.05) is 0 Å². The molecule has 3 atom stereocenters. The van der Waals surface area contributed by atoms with Gasteiger partial charge in [-0.15, -0.1) is 0 Å². The van der Waals surface area contributed by atoms with Crippen molar-refractivity contribution in [3.05, 3.63) is 30.3 Å². The highest BCUT2D eigenvalue weighted by Crippen LogP contribution is 2.27. The largest absolute Gasteiger partial charge is 0.441 e. The van der Waals surface area contributed by atoms with Crippen molar-refractivity contribution in [2.75, 3.05) is 31.3 Å². The highest BCUT2D eigenvalue weighted by Gasteiger charge is 2.49. The Labute approximate surface area is 144 Å². The van der Waals surface area contributed by atoms with Gasteiger partial charge in [-0.25, -0.2) is 14.2 Å². The summed E-state index contributed by atoms with van der Waals surface area (Å²) < 4.78 is 24.4.